The second kappa shape index (κ2) is 17.5. The van der Waals surface area contributed by atoms with Crippen LogP contribution < -0.4 is 0 Å². The third-order valence-electron chi connectivity index (χ3n) is 9.07. The average Bonchev–Trinajstić information content (AvgIpc) is 3.78. The van der Waals surface area contributed by atoms with Crippen molar-refractivity contribution in [3.63, 3.8) is 0 Å². The van der Waals surface area contributed by atoms with Gasteiger partial charge in [-0.1, -0.05) is 71.7 Å². The van der Waals surface area contributed by atoms with E-state index in [0.717, 1.165) is 57.7 Å². The SMILES string of the molecule is CCOC(=O)c1cc(-c2cccc3cc(Cc4cc(F)cc(Cl)c4)sc23)ccc1F.O=C(O)c1cc(-c2cccc3cc(Cc4cc(F)cc(Cl)c4)sc23)ccc1F. The van der Waals surface area contributed by atoms with E-state index in [-0.39, 0.29) is 29.4 Å². The molecule has 0 aliphatic carbocycles. The highest BCUT2D eigenvalue weighted by Gasteiger charge is 2.17. The average molecular weight is 858 g/mol. The number of carboxylic acid groups (broad SMARTS) is 1. The fourth-order valence-corrected chi connectivity index (χ4v) is 9.55. The molecule has 6 aromatic carbocycles. The van der Waals surface area contributed by atoms with Gasteiger partial charge in [0.05, 0.1) is 17.7 Å². The van der Waals surface area contributed by atoms with E-state index in [0.29, 0.717) is 28.5 Å². The molecule has 12 heteroatoms. The van der Waals surface area contributed by atoms with Crippen molar-refractivity contribution >= 4 is 78.0 Å². The number of carbonyl (C=O) groups is 2. The van der Waals surface area contributed by atoms with Gasteiger partial charge in [-0.15, -0.1) is 22.7 Å². The van der Waals surface area contributed by atoms with E-state index in [2.05, 4.69) is 6.07 Å². The van der Waals surface area contributed by atoms with Gasteiger partial charge >= 0.3 is 11.9 Å². The van der Waals surface area contributed by atoms with Gasteiger partial charge in [0.25, 0.3) is 0 Å². The molecular formula is C46H30Cl2F4O4S2. The van der Waals surface area contributed by atoms with Crippen molar-refractivity contribution in [2.75, 3.05) is 6.61 Å². The molecule has 292 valence electrons. The van der Waals surface area contributed by atoms with Crippen LogP contribution in [0.3, 0.4) is 0 Å². The van der Waals surface area contributed by atoms with Crippen molar-refractivity contribution < 1.29 is 37.0 Å². The molecule has 58 heavy (non-hydrogen) atoms. The van der Waals surface area contributed by atoms with Crippen LogP contribution in [0.25, 0.3) is 42.4 Å². The van der Waals surface area contributed by atoms with Crippen molar-refractivity contribution in [2.24, 2.45) is 0 Å². The van der Waals surface area contributed by atoms with Crippen LogP contribution in [-0.4, -0.2) is 23.7 Å². The van der Waals surface area contributed by atoms with Crippen molar-refractivity contribution in [3.05, 3.63) is 187 Å². The van der Waals surface area contributed by atoms with E-state index in [1.807, 2.05) is 42.5 Å². The van der Waals surface area contributed by atoms with Crippen LogP contribution >= 0.6 is 45.9 Å². The van der Waals surface area contributed by atoms with E-state index in [9.17, 15) is 32.3 Å². The lowest BCUT2D eigenvalue weighted by atomic mass is 10.0. The Labute approximate surface area is 348 Å². The topological polar surface area (TPSA) is 63.6 Å². The second-order valence-electron chi connectivity index (χ2n) is 13.2. The molecule has 4 nitrogen and oxygen atoms in total. The normalized spacial score (nSPS) is 11.1. The highest BCUT2D eigenvalue weighted by atomic mass is 35.5. The highest BCUT2D eigenvalue weighted by Crippen LogP contribution is 2.38. The summed E-state index contributed by atoms with van der Waals surface area (Å²) in [6.45, 7) is 1.86. The monoisotopic (exact) mass is 856 g/mol. The predicted octanol–water partition coefficient (Wildman–Crippen LogP) is 14.1. The molecule has 0 aliphatic heterocycles. The number of halogens is 6. The van der Waals surface area contributed by atoms with Gasteiger partial charge in [0.1, 0.15) is 23.3 Å². The Balaban J connectivity index is 0.000000177. The molecule has 8 rings (SSSR count). The molecule has 0 saturated carbocycles. The zero-order valence-corrected chi connectivity index (χ0v) is 33.6. The van der Waals surface area contributed by atoms with Crippen molar-refractivity contribution in [2.45, 2.75) is 19.8 Å². The number of esters is 1. The van der Waals surface area contributed by atoms with Gasteiger partial charge in [-0.25, -0.2) is 27.2 Å². The number of thiophene rings is 2. The summed E-state index contributed by atoms with van der Waals surface area (Å²) < 4.78 is 62.1. The minimum Gasteiger partial charge on any atom is -0.478 e. The van der Waals surface area contributed by atoms with Crippen LogP contribution in [0.1, 0.15) is 48.5 Å². The quantitative estimate of drug-likeness (QED) is 0.116. The highest BCUT2D eigenvalue weighted by molar-refractivity contribution is 7.20. The number of hydrogen-bond donors (Lipinski definition) is 1. The molecule has 0 aliphatic rings. The Morgan fingerprint density at radius 1 is 0.603 bits per heavy atom. The van der Waals surface area contributed by atoms with Gasteiger partial charge in [-0.05, 0) is 124 Å². The number of carbonyl (C=O) groups excluding carboxylic acids is 1. The van der Waals surface area contributed by atoms with Gasteiger partial charge < -0.3 is 9.84 Å². The van der Waals surface area contributed by atoms with Gasteiger partial charge in [0.2, 0.25) is 0 Å². The first-order chi connectivity index (χ1) is 27.8. The Morgan fingerprint density at radius 3 is 1.52 bits per heavy atom. The molecule has 0 atom stereocenters. The molecule has 2 aromatic heterocycles. The van der Waals surface area contributed by atoms with E-state index < -0.39 is 23.6 Å². The predicted molar refractivity (Wildman–Crippen MR) is 226 cm³/mol. The fourth-order valence-electron chi connectivity index (χ4n) is 6.60. The molecule has 1 N–H and O–H groups in total. The lowest BCUT2D eigenvalue weighted by Crippen LogP contribution is -2.07. The first-order valence-corrected chi connectivity index (χ1v) is 20.2. The first-order valence-electron chi connectivity index (χ1n) is 17.8. The standard InChI is InChI=1S/C24H17ClF2O2S.C22H13ClF2O2S/c1-2-29-24(28)21-12-15(6-7-22(21)27)20-5-3-4-16-11-19(30-23(16)20)10-14-8-17(25)13-18(26)9-14;23-15-6-12(7-16(24)11-15)8-17-9-14-2-1-3-18(21(14)28-17)13-4-5-20(25)19(10-13)22(26)27/h3-9,11-13H,2,10H2,1H3;1-7,9-11H,8H2,(H,26,27). The van der Waals surface area contributed by atoms with Crippen LogP contribution in [0.5, 0.6) is 0 Å². The van der Waals surface area contributed by atoms with Crippen LogP contribution in [0, 0.1) is 23.3 Å². The number of rotatable bonds is 9. The van der Waals surface area contributed by atoms with Crippen molar-refractivity contribution in [1.82, 2.24) is 0 Å². The molecule has 8 aromatic rings. The number of carboxylic acids is 1. The Morgan fingerprint density at radius 2 is 1.07 bits per heavy atom. The Bertz CT molecular complexity index is 2810. The van der Waals surface area contributed by atoms with E-state index in [1.165, 1.54) is 59.9 Å². The van der Waals surface area contributed by atoms with Crippen molar-refractivity contribution in [3.8, 4) is 22.3 Å². The third-order valence-corrected chi connectivity index (χ3v) is 11.9. The smallest absolute Gasteiger partial charge is 0.341 e. The number of hydrogen-bond acceptors (Lipinski definition) is 5. The number of ether oxygens (including phenoxy) is 1. The summed E-state index contributed by atoms with van der Waals surface area (Å²) in [4.78, 5) is 25.4. The van der Waals surface area contributed by atoms with Crippen LogP contribution in [0.2, 0.25) is 10.0 Å². The lowest BCUT2D eigenvalue weighted by Gasteiger charge is -2.08. The summed E-state index contributed by atoms with van der Waals surface area (Å²) in [7, 11) is 0. The maximum atomic E-state index is 14.1. The van der Waals surface area contributed by atoms with E-state index >= 15 is 0 Å². The summed E-state index contributed by atoms with van der Waals surface area (Å²) in [6.07, 6.45) is 1.08. The maximum absolute atomic E-state index is 14.1. The summed E-state index contributed by atoms with van der Waals surface area (Å²) in [5.74, 6) is -4.10. The van der Waals surface area contributed by atoms with Gasteiger partial charge in [-0.2, -0.15) is 0 Å². The summed E-state index contributed by atoms with van der Waals surface area (Å²) in [5, 5.41) is 11.9. The Hall–Kier alpha value is -5.52. The zero-order chi connectivity index (χ0) is 41.1. The molecule has 0 radical (unpaired) electrons. The molecule has 0 spiro atoms. The largest absolute Gasteiger partial charge is 0.478 e. The molecule has 2 heterocycles. The fraction of sp³-hybridized carbons (Fsp3) is 0.0870. The molecule has 0 amide bonds. The van der Waals surface area contributed by atoms with E-state index in [4.69, 9.17) is 27.9 Å². The molecule has 0 unspecified atom stereocenters. The minimum absolute atomic E-state index is 0.0856. The summed E-state index contributed by atoms with van der Waals surface area (Å²) >= 11 is 15.0. The second-order valence-corrected chi connectivity index (χ2v) is 16.3. The number of fused-ring (bicyclic) bond motifs is 2. The summed E-state index contributed by atoms with van der Waals surface area (Å²) in [6, 6.07) is 33.1. The van der Waals surface area contributed by atoms with Gasteiger partial charge in [-0.3, -0.25) is 0 Å². The van der Waals surface area contributed by atoms with Crippen LogP contribution in [0.4, 0.5) is 17.6 Å². The first kappa shape index (κ1) is 40.7. The molecule has 0 bridgehead atoms. The summed E-state index contributed by atoms with van der Waals surface area (Å²) in [5.41, 5.74) is 4.20. The molecule has 0 fully saturated rings. The van der Waals surface area contributed by atoms with Gasteiger partial charge in [0, 0.05) is 42.0 Å². The lowest BCUT2D eigenvalue weighted by molar-refractivity contribution is 0.0520. The third kappa shape index (κ3) is 9.27. The van der Waals surface area contributed by atoms with Crippen LogP contribution in [0.15, 0.2) is 121 Å². The van der Waals surface area contributed by atoms with Crippen molar-refractivity contribution in [1.29, 1.82) is 0 Å². The van der Waals surface area contributed by atoms with E-state index in [1.54, 1.807) is 42.5 Å². The Kier molecular flexibility index (Phi) is 12.3. The van der Waals surface area contributed by atoms with Crippen LogP contribution in [-0.2, 0) is 17.6 Å². The molecular weight excluding hydrogens is 828 g/mol. The van der Waals surface area contributed by atoms with Gasteiger partial charge in [0.15, 0.2) is 0 Å². The number of benzene rings is 6. The minimum atomic E-state index is -1.30. The molecule has 0 saturated heterocycles. The zero-order valence-electron chi connectivity index (χ0n) is 30.4. The number of aromatic carboxylic acids is 1. The maximum Gasteiger partial charge on any atom is 0.341 e.